The van der Waals surface area contributed by atoms with E-state index in [9.17, 15) is 13.2 Å². The van der Waals surface area contributed by atoms with Crippen molar-refractivity contribution in [3.8, 4) is 0 Å². The van der Waals surface area contributed by atoms with Crippen molar-refractivity contribution in [1.29, 1.82) is 0 Å². The lowest BCUT2D eigenvalue weighted by Crippen LogP contribution is -2.38. The summed E-state index contributed by atoms with van der Waals surface area (Å²) in [6.45, 7) is 0. The monoisotopic (exact) mass is 419 g/mol. The number of carbonyl (C=O) groups is 1. The van der Waals surface area contributed by atoms with Crippen LogP contribution in [0.4, 0.5) is 5.69 Å². The van der Waals surface area contributed by atoms with Gasteiger partial charge in [0.2, 0.25) is 10.0 Å². The van der Waals surface area contributed by atoms with E-state index < -0.39 is 10.0 Å². The Morgan fingerprint density at radius 3 is 2.46 bits per heavy atom. The molecule has 1 aliphatic carbocycles. The van der Waals surface area contributed by atoms with E-state index in [0.29, 0.717) is 16.3 Å². The predicted octanol–water partition coefficient (Wildman–Crippen LogP) is 4.01. The van der Waals surface area contributed by atoms with Crippen molar-refractivity contribution in [2.45, 2.75) is 48.1 Å². The van der Waals surface area contributed by atoms with Crippen molar-refractivity contribution in [3.63, 3.8) is 0 Å². The second-order valence-electron chi connectivity index (χ2n) is 6.85. The number of anilines is 1. The van der Waals surface area contributed by atoms with Crippen molar-refractivity contribution in [3.05, 3.63) is 48.2 Å². The molecule has 3 rings (SSSR count). The maximum Gasteiger partial charge on any atom is 0.258 e. The number of carbonyl (C=O) groups excluding carboxylic acids is 1. The Kier molecular flexibility index (Phi) is 6.74. The van der Waals surface area contributed by atoms with Gasteiger partial charge < -0.3 is 5.32 Å². The first-order valence-electron chi connectivity index (χ1n) is 9.32. The molecule has 1 N–H and O–H groups in total. The van der Waals surface area contributed by atoms with Crippen LogP contribution < -0.4 is 5.32 Å². The third kappa shape index (κ3) is 4.56. The molecule has 1 amide bonds. The summed E-state index contributed by atoms with van der Waals surface area (Å²) >= 11 is 1.40. The molecule has 0 saturated heterocycles. The zero-order chi connectivity index (χ0) is 20.1. The van der Waals surface area contributed by atoms with Gasteiger partial charge in [-0.25, -0.2) is 13.4 Å². The van der Waals surface area contributed by atoms with Crippen LogP contribution in [0.15, 0.2) is 52.5 Å². The molecule has 6 nitrogen and oxygen atoms in total. The highest BCUT2D eigenvalue weighted by Crippen LogP contribution is 2.27. The summed E-state index contributed by atoms with van der Waals surface area (Å²) in [4.78, 5) is 16.9. The number of sulfonamides is 1. The van der Waals surface area contributed by atoms with Gasteiger partial charge in [-0.3, -0.25) is 4.79 Å². The Balaban J connectivity index is 1.73. The van der Waals surface area contributed by atoms with Gasteiger partial charge in [0.05, 0.1) is 10.5 Å². The quantitative estimate of drug-likeness (QED) is 0.716. The number of nitrogens with one attached hydrogen (secondary N) is 1. The molecular formula is C20H25N3O3S2. The summed E-state index contributed by atoms with van der Waals surface area (Å²) in [5.41, 5.74) is 1.03. The zero-order valence-corrected chi connectivity index (χ0v) is 17.7. The van der Waals surface area contributed by atoms with Crippen molar-refractivity contribution < 1.29 is 13.2 Å². The SMILES string of the molecule is CSc1ncccc1C(=O)Nc1ccc(S(=O)(=O)N(C)C2CCCCC2)cc1. The van der Waals surface area contributed by atoms with Crippen LogP contribution in [0.25, 0.3) is 0 Å². The van der Waals surface area contributed by atoms with Crippen molar-refractivity contribution in [2.75, 3.05) is 18.6 Å². The Morgan fingerprint density at radius 1 is 1.14 bits per heavy atom. The summed E-state index contributed by atoms with van der Waals surface area (Å²) in [5, 5.41) is 3.45. The molecule has 1 heterocycles. The van der Waals surface area contributed by atoms with Crippen LogP contribution in [-0.2, 0) is 10.0 Å². The number of nitrogens with zero attached hydrogens (tertiary/aromatic N) is 2. The lowest BCUT2D eigenvalue weighted by Gasteiger charge is -2.30. The Morgan fingerprint density at radius 2 is 1.82 bits per heavy atom. The molecule has 0 bridgehead atoms. The van der Waals surface area contributed by atoms with E-state index in [1.54, 1.807) is 49.6 Å². The highest BCUT2D eigenvalue weighted by atomic mass is 32.2. The van der Waals surface area contributed by atoms with Crippen LogP contribution in [0.5, 0.6) is 0 Å². The van der Waals surface area contributed by atoms with Gasteiger partial charge in [-0.2, -0.15) is 4.31 Å². The van der Waals surface area contributed by atoms with E-state index in [0.717, 1.165) is 25.7 Å². The number of hydrogen-bond donors (Lipinski definition) is 1. The van der Waals surface area contributed by atoms with Crippen molar-refractivity contribution >= 4 is 33.4 Å². The molecule has 8 heteroatoms. The van der Waals surface area contributed by atoms with E-state index in [1.165, 1.54) is 22.5 Å². The number of benzene rings is 1. The minimum absolute atomic E-state index is 0.0636. The summed E-state index contributed by atoms with van der Waals surface area (Å²) in [7, 11) is -1.88. The molecule has 0 aliphatic heterocycles. The molecule has 150 valence electrons. The Labute approximate surface area is 170 Å². The lowest BCUT2D eigenvalue weighted by atomic mass is 9.96. The van der Waals surface area contributed by atoms with Gasteiger partial charge in [0.1, 0.15) is 5.03 Å². The summed E-state index contributed by atoms with van der Waals surface area (Å²) in [6.07, 6.45) is 8.64. The summed E-state index contributed by atoms with van der Waals surface area (Å²) in [5.74, 6) is -0.271. The predicted molar refractivity (Wildman–Crippen MR) is 112 cm³/mol. The first-order chi connectivity index (χ1) is 13.4. The molecule has 28 heavy (non-hydrogen) atoms. The largest absolute Gasteiger partial charge is 0.322 e. The van der Waals surface area contributed by atoms with Crippen LogP contribution in [0.1, 0.15) is 42.5 Å². The first kappa shape index (κ1) is 20.8. The van der Waals surface area contributed by atoms with Crippen LogP contribution in [0.3, 0.4) is 0 Å². The molecule has 1 aromatic carbocycles. The lowest BCUT2D eigenvalue weighted by molar-refractivity contribution is 0.102. The van der Waals surface area contributed by atoms with Crippen molar-refractivity contribution in [1.82, 2.24) is 9.29 Å². The molecular weight excluding hydrogens is 394 g/mol. The van der Waals surface area contributed by atoms with Gasteiger partial charge >= 0.3 is 0 Å². The van der Waals surface area contributed by atoms with Gasteiger partial charge in [-0.05, 0) is 55.5 Å². The van der Waals surface area contributed by atoms with Crippen molar-refractivity contribution in [2.24, 2.45) is 0 Å². The molecule has 2 aromatic rings. The number of pyridine rings is 1. The smallest absolute Gasteiger partial charge is 0.258 e. The van der Waals surface area contributed by atoms with E-state index >= 15 is 0 Å². The van der Waals surface area contributed by atoms with Gasteiger partial charge in [0.25, 0.3) is 5.91 Å². The van der Waals surface area contributed by atoms with Crippen LogP contribution in [0, 0.1) is 0 Å². The molecule has 0 spiro atoms. The molecule has 1 aliphatic rings. The maximum absolute atomic E-state index is 12.9. The third-order valence-corrected chi connectivity index (χ3v) is 7.72. The number of amides is 1. The Hall–Kier alpha value is -1.90. The fraction of sp³-hybridized carbons (Fsp3) is 0.400. The Bertz CT molecular complexity index is 924. The van der Waals surface area contributed by atoms with Crippen LogP contribution in [-0.4, -0.2) is 43.0 Å². The normalized spacial score (nSPS) is 15.5. The fourth-order valence-corrected chi connectivity index (χ4v) is 5.40. The third-order valence-electron chi connectivity index (χ3n) is 5.09. The molecule has 1 aromatic heterocycles. The average Bonchev–Trinajstić information content (AvgIpc) is 2.74. The summed E-state index contributed by atoms with van der Waals surface area (Å²) < 4.78 is 27.3. The number of rotatable bonds is 6. The molecule has 0 atom stereocenters. The maximum atomic E-state index is 12.9. The molecule has 0 unspecified atom stereocenters. The topological polar surface area (TPSA) is 79.4 Å². The first-order valence-corrected chi connectivity index (χ1v) is 12.0. The van der Waals surface area contributed by atoms with Gasteiger partial charge in [-0.1, -0.05) is 19.3 Å². The van der Waals surface area contributed by atoms with Crippen LogP contribution in [0.2, 0.25) is 0 Å². The van der Waals surface area contributed by atoms with Gasteiger partial charge in [0.15, 0.2) is 0 Å². The average molecular weight is 420 g/mol. The number of aromatic nitrogens is 1. The molecule has 1 saturated carbocycles. The highest BCUT2D eigenvalue weighted by Gasteiger charge is 2.29. The zero-order valence-electron chi connectivity index (χ0n) is 16.1. The minimum atomic E-state index is -3.54. The number of hydrogen-bond acceptors (Lipinski definition) is 5. The minimum Gasteiger partial charge on any atom is -0.322 e. The second kappa shape index (κ2) is 9.07. The molecule has 0 radical (unpaired) electrons. The highest BCUT2D eigenvalue weighted by molar-refractivity contribution is 7.98. The van der Waals surface area contributed by atoms with Crippen LogP contribution >= 0.6 is 11.8 Å². The van der Waals surface area contributed by atoms with E-state index in [1.807, 2.05) is 6.26 Å². The number of thioether (sulfide) groups is 1. The fourth-order valence-electron chi connectivity index (χ4n) is 3.44. The summed E-state index contributed by atoms with van der Waals surface area (Å²) in [6, 6.07) is 9.82. The second-order valence-corrected chi connectivity index (χ2v) is 9.64. The van der Waals surface area contributed by atoms with E-state index in [2.05, 4.69) is 10.3 Å². The van der Waals surface area contributed by atoms with Gasteiger partial charge in [0, 0.05) is 25.0 Å². The molecule has 1 fully saturated rings. The van der Waals surface area contributed by atoms with E-state index in [4.69, 9.17) is 0 Å². The standard InChI is InChI=1S/C20H25N3O3S2/c1-23(16-7-4-3-5-8-16)28(25,26)17-12-10-15(11-13-17)22-19(24)18-9-6-14-21-20(18)27-2/h6,9-14,16H,3-5,7-8H2,1-2H3,(H,22,24). The van der Waals surface area contributed by atoms with E-state index in [-0.39, 0.29) is 16.8 Å². The van der Waals surface area contributed by atoms with Gasteiger partial charge in [-0.15, -0.1) is 11.8 Å².